The Morgan fingerprint density at radius 1 is 1.16 bits per heavy atom. The number of halogens is 1. The van der Waals surface area contributed by atoms with E-state index >= 15 is 0 Å². The van der Waals surface area contributed by atoms with Gasteiger partial charge in [-0.1, -0.05) is 19.1 Å². The first-order valence-corrected chi connectivity index (χ1v) is 9.97. The third kappa shape index (κ3) is 5.09. The minimum absolute atomic E-state index is 0.0344. The van der Waals surface area contributed by atoms with Crippen molar-refractivity contribution in [2.75, 3.05) is 17.3 Å². The number of benzene rings is 2. The summed E-state index contributed by atoms with van der Waals surface area (Å²) in [4.78, 5) is 26.1. The van der Waals surface area contributed by atoms with E-state index in [1.807, 2.05) is 22.6 Å². The minimum atomic E-state index is -1.12. The second-order valence-electron chi connectivity index (χ2n) is 7.33. The fourth-order valence-corrected chi connectivity index (χ4v) is 3.42. The molecule has 0 aliphatic rings. The number of carboxylic acids is 1. The molecule has 8 heteroatoms. The Hall–Kier alpha value is -3.68. The summed E-state index contributed by atoms with van der Waals surface area (Å²) in [7, 11) is 1.80. The Kier molecular flexibility index (Phi) is 6.69. The Morgan fingerprint density at radius 3 is 2.58 bits per heavy atom. The van der Waals surface area contributed by atoms with Crippen molar-refractivity contribution in [3.8, 4) is 0 Å². The van der Waals surface area contributed by atoms with Crippen LogP contribution in [0.3, 0.4) is 0 Å². The molecule has 2 N–H and O–H groups in total. The van der Waals surface area contributed by atoms with Crippen molar-refractivity contribution in [2.45, 2.75) is 33.4 Å². The third-order valence-corrected chi connectivity index (χ3v) is 4.83. The quantitative estimate of drug-likeness (QED) is 0.562. The number of aromatic carboxylic acids is 1. The molecule has 0 atom stereocenters. The number of hydrogen-bond acceptors (Lipinski definition) is 4. The first kappa shape index (κ1) is 22.0. The number of hydrogen-bond donors (Lipinski definition) is 2. The molecule has 162 valence electrons. The largest absolute Gasteiger partial charge is 0.478 e. The monoisotopic (exact) mass is 424 g/mol. The van der Waals surface area contributed by atoms with Gasteiger partial charge < -0.3 is 15.3 Å². The molecular formula is C23H25FN4O3. The summed E-state index contributed by atoms with van der Waals surface area (Å²) in [5.41, 5.74) is 2.58. The van der Waals surface area contributed by atoms with Crippen molar-refractivity contribution in [2.24, 2.45) is 0 Å². The van der Waals surface area contributed by atoms with Crippen LogP contribution in [0.15, 0.2) is 48.5 Å². The average Bonchev–Trinajstić information content (AvgIpc) is 3.07. The number of nitrogens with one attached hydrogen (secondary N) is 1. The molecule has 0 spiro atoms. The second kappa shape index (κ2) is 9.42. The van der Waals surface area contributed by atoms with E-state index in [2.05, 4.69) is 17.3 Å². The van der Waals surface area contributed by atoms with Crippen LogP contribution in [-0.2, 0) is 13.1 Å². The minimum Gasteiger partial charge on any atom is -0.478 e. The predicted molar refractivity (Wildman–Crippen MR) is 117 cm³/mol. The number of carbonyl (C=O) groups is 2. The van der Waals surface area contributed by atoms with Crippen LogP contribution < -0.4 is 10.2 Å². The molecule has 1 aromatic heterocycles. The van der Waals surface area contributed by atoms with E-state index in [1.165, 1.54) is 24.3 Å². The van der Waals surface area contributed by atoms with Crippen LogP contribution in [0.4, 0.5) is 15.8 Å². The Morgan fingerprint density at radius 2 is 1.90 bits per heavy atom. The van der Waals surface area contributed by atoms with Crippen LogP contribution in [0, 0.1) is 12.7 Å². The number of amides is 1. The predicted octanol–water partition coefficient (Wildman–Crippen LogP) is 4.33. The summed E-state index contributed by atoms with van der Waals surface area (Å²) in [6, 6.07) is 12.2. The summed E-state index contributed by atoms with van der Waals surface area (Å²) >= 11 is 0. The summed E-state index contributed by atoms with van der Waals surface area (Å²) in [6.07, 6.45) is 0.939. The molecule has 0 saturated heterocycles. The number of aryl methyl sites for hydroxylation is 2. The lowest BCUT2D eigenvalue weighted by Gasteiger charge is -2.22. The highest BCUT2D eigenvalue weighted by Crippen LogP contribution is 2.26. The standard InChI is InChI=1S/C23H25FN4O3/c1-4-11-28-17(12-15(2)26-28)14-27(3)21-10-9-16(13-19(21)23(30)31)25-22(29)18-7-5-6-8-20(18)24/h5-10,12-13H,4,11,14H2,1-3H3,(H,25,29)(H,30,31). The van der Waals surface area contributed by atoms with Gasteiger partial charge in [-0.2, -0.15) is 5.10 Å². The molecule has 0 aliphatic carbocycles. The van der Waals surface area contributed by atoms with Crippen LogP contribution in [0.5, 0.6) is 0 Å². The number of rotatable bonds is 8. The molecule has 2 aromatic carbocycles. The second-order valence-corrected chi connectivity index (χ2v) is 7.33. The van der Waals surface area contributed by atoms with Gasteiger partial charge in [-0.3, -0.25) is 9.48 Å². The molecule has 0 saturated carbocycles. The zero-order valence-electron chi connectivity index (χ0n) is 17.7. The van der Waals surface area contributed by atoms with Gasteiger partial charge in [0.1, 0.15) is 5.82 Å². The number of carboxylic acid groups (broad SMARTS) is 1. The van der Waals surface area contributed by atoms with E-state index in [0.717, 1.165) is 24.4 Å². The lowest BCUT2D eigenvalue weighted by Crippen LogP contribution is -2.22. The number of anilines is 2. The van der Waals surface area contributed by atoms with Gasteiger partial charge in [0.2, 0.25) is 0 Å². The third-order valence-electron chi connectivity index (χ3n) is 4.83. The molecule has 1 heterocycles. The van der Waals surface area contributed by atoms with Gasteiger partial charge in [-0.15, -0.1) is 0 Å². The highest BCUT2D eigenvalue weighted by molar-refractivity contribution is 6.05. The molecule has 31 heavy (non-hydrogen) atoms. The van der Waals surface area contributed by atoms with E-state index < -0.39 is 17.7 Å². The summed E-state index contributed by atoms with van der Waals surface area (Å²) in [5.74, 6) is -2.41. The highest BCUT2D eigenvalue weighted by Gasteiger charge is 2.18. The molecule has 0 bridgehead atoms. The molecule has 0 unspecified atom stereocenters. The molecule has 0 aliphatic heterocycles. The van der Waals surface area contributed by atoms with Gasteiger partial charge >= 0.3 is 5.97 Å². The van der Waals surface area contributed by atoms with Gasteiger partial charge in [0.25, 0.3) is 5.91 Å². The van der Waals surface area contributed by atoms with Crippen LogP contribution in [0.25, 0.3) is 0 Å². The maximum atomic E-state index is 13.8. The van der Waals surface area contributed by atoms with Gasteiger partial charge in [0, 0.05) is 19.3 Å². The maximum Gasteiger partial charge on any atom is 0.337 e. The first-order chi connectivity index (χ1) is 14.8. The van der Waals surface area contributed by atoms with Gasteiger partial charge in [-0.05, 0) is 49.7 Å². The number of aromatic nitrogens is 2. The van der Waals surface area contributed by atoms with E-state index in [0.29, 0.717) is 12.2 Å². The lowest BCUT2D eigenvalue weighted by molar-refractivity contribution is 0.0697. The lowest BCUT2D eigenvalue weighted by atomic mass is 10.1. The van der Waals surface area contributed by atoms with Crippen molar-refractivity contribution in [3.63, 3.8) is 0 Å². The van der Waals surface area contributed by atoms with E-state index in [4.69, 9.17) is 0 Å². The molecule has 3 rings (SSSR count). The molecule has 0 fully saturated rings. The van der Waals surface area contributed by atoms with Crippen LogP contribution >= 0.6 is 0 Å². The Balaban J connectivity index is 1.84. The van der Waals surface area contributed by atoms with Crippen LogP contribution in [-0.4, -0.2) is 33.8 Å². The summed E-state index contributed by atoms with van der Waals surface area (Å²) in [6.45, 7) is 5.25. The smallest absolute Gasteiger partial charge is 0.337 e. The zero-order valence-corrected chi connectivity index (χ0v) is 17.7. The first-order valence-electron chi connectivity index (χ1n) is 9.97. The molecule has 0 radical (unpaired) electrons. The van der Waals surface area contributed by atoms with Gasteiger partial charge in [0.05, 0.1) is 34.7 Å². The summed E-state index contributed by atoms with van der Waals surface area (Å²) in [5, 5.41) is 16.8. The number of carbonyl (C=O) groups excluding carboxylic acids is 1. The van der Waals surface area contributed by atoms with Gasteiger partial charge in [-0.25, -0.2) is 9.18 Å². The molecule has 3 aromatic rings. The van der Waals surface area contributed by atoms with Gasteiger partial charge in [0.15, 0.2) is 0 Å². The molecule has 1 amide bonds. The van der Waals surface area contributed by atoms with Crippen molar-refractivity contribution in [1.29, 1.82) is 0 Å². The Labute approximate surface area is 180 Å². The van der Waals surface area contributed by atoms with Crippen molar-refractivity contribution >= 4 is 23.3 Å². The average molecular weight is 424 g/mol. The van der Waals surface area contributed by atoms with Crippen LogP contribution in [0.2, 0.25) is 0 Å². The van der Waals surface area contributed by atoms with Crippen molar-refractivity contribution in [1.82, 2.24) is 9.78 Å². The molecule has 7 nitrogen and oxygen atoms in total. The SMILES string of the molecule is CCCn1nc(C)cc1CN(C)c1ccc(NC(=O)c2ccccc2F)cc1C(=O)O. The van der Waals surface area contributed by atoms with E-state index in [9.17, 15) is 19.1 Å². The van der Waals surface area contributed by atoms with Crippen molar-refractivity contribution in [3.05, 3.63) is 76.9 Å². The fourth-order valence-electron chi connectivity index (χ4n) is 3.42. The number of nitrogens with zero attached hydrogens (tertiary/aromatic N) is 3. The zero-order chi connectivity index (χ0) is 22.5. The highest BCUT2D eigenvalue weighted by atomic mass is 19.1. The van der Waals surface area contributed by atoms with Crippen molar-refractivity contribution < 1.29 is 19.1 Å². The van der Waals surface area contributed by atoms with Crippen LogP contribution in [0.1, 0.15) is 45.4 Å². The maximum absolute atomic E-state index is 13.8. The Bertz CT molecular complexity index is 1110. The normalized spacial score (nSPS) is 10.7. The molecular weight excluding hydrogens is 399 g/mol. The fraction of sp³-hybridized carbons (Fsp3) is 0.261. The summed E-state index contributed by atoms with van der Waals surface area (Å²) < 4.78 is 15.8. The topological polar surface area (TPSA) is 87.5 Å². The van der Waals surface area contributed by atoms with E-state index in [-0.39, 0.29) is 16.8 Å². The van der Waals surface area contributed by atoms with E-state index in [1.54, 1.807) is 25.2 Å².